The molecule has 0 spiro atoms. The third kappa shape index (κ3) is 4.36. The second kappa shape index (κ2) is 7.35. The summed E-state index contributed by atoms with van der Waals surface area (Å²) in [5, 5.41) is 5.19. The minimum Gasteiger partial charge on any atom is -0.450 e. The Balaban J connectivity index is 1.63. The Morgan fingerprint density at radius 2 is 2.16 bits per heavy atom. The largest absolute Gasteiger partial charge is 0.450 e. The number of benzene rings is 1. The summed E-state index contributed by atoms with van der Waals surface area (Å²) in [6.45, 7) is 0.174. The van der Waals surface area contributed by atoms with E-state index in [1.54, 1.807) is 42.5 Å². The second-order valence-electron chi connectivity index (χ2n) is 5.30. The lowest BCUT2D eigenvalue weighted by Gasteiger charge is -2.13. The maximum absolute atomic E-state index is 12.0. The predicted molar refractivity (Wildman–Crippen MR) is 94.5 cm³/mol. The topological polar surface area (TPSA) is 91.7 Å². The van der Waals surface area contributed by atoms with Crippen LogP contribution in [-0.2, 0) is 16.1 Å². The van der Waals surface area contributed by atoms with Crippen molar-refractivity contribution < 1.29 is 18.8 Å². The number of rotatable bonds is 5. The minimum atomic E-state index is -0.410. The van der Waals surface area contributed by atoms with Gasteiger partial charge in [-0.1, -0.05) is 12.1 Å². The van der Waals surface area contributed by atoms with Crippen LogP contribution in [0.25, 0.3) is 6.08 Å². The lowest BCUT2D eigenvalue weighted by Crippen LogP contribution is -2.30. The molecular formula is C17H14BrN3O4. The van der Waals surface area contributed by atoms with Crippen molar-refractivity contribution in [2.75, 3.05) is 11.9 Å². The average Bonchev–Trinajstić information content (AvgIpc) is 3.13. The molecule has 0 aliphatic carbocycles. The first-order chi connectivity index (χ1) is 12.0. The molecule has 1 saturated heterocycles. The fourth-order valence-electron chi connectivity index (χ4n) is 2.30. The van der Waals surface area contributed by atoms with Crippen molar-refractivity contribution in [2.24, 2.45) is 0 Å². The van der Waals surface area contributed by atoms with E-state index in [1.807, 2.05) is 0 Å². The number of imide groups is 1. The summed E-state index contributed by atoms with van der Waals surface area (Å²) in [5.41, 5.74) is 1.31. The van der Waals surface area contributed by atoms with Crippen molar-refractivity contribution in [3.63, 3.8) is 0 Å². The van der Waals surface area contributed by atoms with Gasteiger partial charge >= 0.3 is 6.03 Å². The van der Waals surface area contributed by atoms with Crippen LogP contribution < -0.4 is 10.6 Å². The van der Waals surface area contributed by atoms with E-state index in [4.69, 9.17) is 4.42 Å². The quantitative estimate of drug-likeness (QED) is 0.592. The fourth-order valence-corrected chi connectivity index (χ4v) is 2.62. The molecule has 0 bridgehead atoms. The maximum Gasteiger partial charge on any atom is 0.324 e. The Labute approximate surface area is 151 Å². The summed E-state index contributed by atoms with van der Waals surface area (Å²) in [6, 6.07) is 10.0. The Morgan fingerprint density at radius 3 is 2.84 bits per heavy atom. The minimum absolute atomic E-state index is 0.0168. The number of hydrogen-bond donors (Lipinski definition) is 2. The van der Waals surface area contributed by atoms with Gasteiger partial charge in [-0.25, -0.2) is 4.79 Å². The molecule has 0 radical (unpaired) electrons. The SMILES string of the molecule is O=C(/C=C/c1ccc(Br)o1)Nc1cccc(CN2C(=O)CNC2=O)c1. The second-order valence-corrected chi connectivity index (χ2v) is 6.09. The molecule has 0 atom stereocenters. The number of urea groups is 1. The lowest BCUT2D eigenvalue weighted by molar-refractivity contribution is -0.125. The number of amides is 4. The molecule has 7 nitrogen and oxygen atoms in total. The van der Waals surface area contributed by atoms with E-state index >= 15 is 0 Å². The first-order valence-electron chi connectivity index (χ1n) is 7.43. The van der Waals surface area contributed by atoms with Gasteiger partial charge in [-0.2, -0.15) is 0 Å². The van der Waals surface area contributed by atoms with E-state index < -0.39 is 6.03 Å². The molecule has 0 unspecified atom stereocenters. The third-order valence-corrected chi connectivity index (χ3v) is 3.89. The zero-order valence-corrected chi connectivity index (χ0v) is 14.6. The molecule has 1 fully saturated rings. The molecule has 2 N–H and O–H groups in total. The smallest absolute Gasteiger partial charge is 0.324 e. The van der Waals surface area contributed by atoms with E-state index in [0.717, 1.165) is 10.5 Å². The van der Waals surface area contributed by atoms with Crippen LogP contribution in [0.2, 0.25) is 0 Å². The molecular weight excluding hydrogens is 390 g/mol. The molecule has 1 aliphatic rings. The average molecular weight is 404 g/mol. The van der Waals surface area contributed by atoms with Crippen LogP contribution in [0.3, 0.4) is 0 Å². The van der Waals surface area contributed by atoms with Crippen LogP contribution in [0.4, 0.5) is 10.5 Å². The third-order valence-electron chi connectivity index (χ3n) is 3.47. The number of furan rings is 1. The van der Waals surface area contributed by atoms with Gasteiger partial charge in [0.25, 0.3) is 0 Å². The molecule has 1 aromatic heterocycles. The van der Waals surface area contributed by atoms with Crippen molar-refractivity contribution in [3.05, 3.63) is 58.5 Å². The van der Waals surface area contributed by atoms with E-state index in [-0.39, 0.29) is 24.9 Å². The maximum atomic E-state index is 12.0. The first kappa shape index (κ1) is 17.0. The summed E-state index contributed by atoms with van der Waals surface area (Å²) >= 11 is 3.19. The summed E-state index contributed by atoms with van der Waals surface area (Å²) in [4.78, 5) is 36.3. The van der Waals surface area contributed by atoms with Gasteiger partial charge in [-0.15, -0.1) is 0 Å². The zero-order chi connectivity index (χ0) is 17.8. The number of halogens is 1. The molecule has 2 aromatic rings. The van der Waals surface area contributed by atoms with Gasteiger partial charge < -0.3 is 15.1 Å². The molecule has 1 aliphatic heterocycles. The molecule has 128 valence electrons. The highest BCUT2D eigenvalue weighted by Crippen LogP contribution is 2.16. The number of hydrogen-bond acceptors (Lipinski definition) is 4. The van der Waals surface area contributed by atoms with Gasteiger partial charge in [0.1, 0.15) is 5.76 Å². The number of carbonyl (C=O) groups excluding carboxylic acids is 3. The first-order valence-corrected chi connectivity index (χ1v) is 8.22. The summed E-state index contributed by atoms with van der Waals surface area (Å²) in [5.74, 6) is -0.0408. The number of nitrogens with zero attached hydrogens (tertiary/aromatic N) is 1. The van der Waals surface area contributed by atoms with Gasteiger partial charge in [0.15, 0.2) is 4.67 Å². The monoisotopic (exact) mass is 403 g/mol. The molecule has 8 heteroatoms. The van der Waals surface area contributed by atoms with Crippen LogP contribution in [0.15, 0.2) is 51.6 Å². The standard InChI is InChI=1S/C17H14BrN3O4/c18-14-6-4-13(25-14)5-7-15(22)20-12-3-1-2-11(8-12)10-21-16(23)9-19-17(21)24/h1-8H,9-10H2,(H,19,24)(H,20,22)/b7-5+. The van der Waals surface area contributed by atoms with Gasteiger partial charge in [0, 0.05) is 11.8 Å². The van der Waals surface area contributed by atoms with Crippen LogP contribution >= 0.6 is 15.9 Å². The highest BCUT2D eigenvalue weighted by Gasteiger charge is 2.28. The van der Waals surface area contributed by atoms with E-state index in [0.29, 0.717) is 16.1 Å². The Kier molecular flexibility index (Phi) is 4.99. The van der Waals surface area contributed by atoms with Crippen molar-refractivity contribution >= 4 is 45.5 Å². The fraction of sp³-hybridized carbons (Fsp3) is 0.118. The molecule has 3 rings (SSSR count). The van der Waals surface area contributed by atoms with Crippen LogP contribution in [0.1, 0.15) is 11.3 Å². The van der Waals surface area contributed by atoms with E-state index in [2.05, 4.69) is 26.6 Å². The number of carbonyl (C=O) groups is 3. The molecule has 4 amide bonds. The summed E-state index contributed by atoms with van der Waals surface area (Å²) in [7, 11) is 0. The van der Waals surface area contributed by atoms with Gasteiger partial charge in [-0.05, 0) is 51.8 Å². The lowest BCUT2D eigenvalue weighted by atomic mass is 10.2. The summed E-state index contributed by atoms with van der Waals surface area (Å²) < 4.78 is 5.86. The van der Waals surface area contributed by atoms with Gasteiger partial charge in [-0.3, -0.25) is 14.5 Å². The van der Waals surface area contributed by atoms with Crippen LogP contribution in [0, 0.1) is 0 Å². The Bertz CT molecular complexity index is 843. The van der Waals surface area contributed by atoms with E-state index in [9.17, 15) is 14.4 Å². The van der Waals surface area contributed by atoms with Crippen molar-refractivity contribution in [1.82, 2.24) is 10.2 Å². The molecule has 2 heterocycles. The van der Waals surface area contributed by atoms with Crippen LogP contribution in [-0.4, -0.2) is 29.3 Å². The van der Waals surface area contributed by atoms with Crippen LogP contribution in [0.5, 0.6) is 0 Å². The molecule has 1 aromatic carbocycles. The summed E-state index contributed by atoms with van der Waals surface area (Å²) in [6.07, 6.45) is 2.91. The van der Waals surface area contributed by atoms with Crippen molar-refractivity contribution in [3.8, 4) is 0 Å². The van der Waals surface area contributed by atoms with Crippen molar-refractivity contribution in [2.45, 2.75) is 6.54 Å². The molecule has 0 saturated carbocycles. The highest BCUT2D eigenvalue weighted by molar-refractivity contribution is 9.10. The normalized spacial score (nSPS) is 14.2. The van der Waals surface area contributed by atoms with Gasteiger partial charge in [0.2, 0.25) is 11.8 Å². The van der Waals surface area contributed by atoms with E-state index in [1.165, 1.54) is 6.08 Å². The molecule has 25 heavy (non-hydrogen) atoms. The zero-order valence-electron chi connectivity index (χ0n) is 13.0. The predicted octanol–water partition coefficient (Wildman–Crippen LogP) is 2.75. The Hall–Kier alpha value is -2.87. The highest BCUT2D eigenvalue weighted by atomic mass is 79.9. The Morgan fingerprint density at radius 1 is 1.32 bits per heavy atom. The van der Waals surface area contributed by atoms with Crippen molar-refractivity contribution in [1.29, 1.82) is 0 Å². The number of anilines is 1. The number of nitrogens with one attached hydrogen (secondary N) is 2. The van der Waals surface area contributed by atoms with Gasteiger partial charge in [0.05, 0.1) is 13.1 Å².